The summed E-state index contributed by atoms with van der Waals surface area (Å²) in [4.78, 5) is 4.07. The molecular formula is C6H10N2OS. The highest BCUT2D eigenvalue weighted by Crippen LogP contribution is 2.17. The van der Waals surface area contributed by atoms with Crippen molar-refractivity contribution in [3.8, 4) is 0 Å². The highest BCUT2D eigenvalue weighted by atomic mass is 32.2. The molecule has 0 aliphatic heterocycles. The summed E-state index contributed by atoms with van der Waals surface area (Å²) < 4.78 is 10.9. The third-order valence-corrected chi connectivity index (χ3v) is 2.01. The van der Waals surface area contributed by atoms with Crippen molar-refractivity contribution in [2.45, 2.75) is 11.9 Å². The standard InChI is InChI=1S/C6H10N2OS/c1-5-7-6(10(3)9)4-8(5)2/h4,9H,3H2,1-2H3. The summed E-state index contributed by atoms with van der Waals surface area (Å²) in [6.07, 6.45) is 1.78. The summed E-state index contributed by atoms with van der Waals surface area (Å²) in [6.45, 7) is 1.89. The quantitative estimate of drug-likeness (QED) is 0.625. The van der Waals surface area contributed by atoms with Crippen LogP contribution in [0.2, 0.25) is 0 Å². The molecule has 1 aromatic heterocycles. The van der Waals surface area contributed by atoms with Crippen LogP contribution in [0.3, 0.4) is 0 Å². The van der Waals surface area contributed by atoms with Crippen LogP contribution in [0.5, 0.6) is 0 Å². The van der Waals surface area contributed by atoms with E-state index in [0.29, 0.717) is 5.03 Å². The molecule has 0 bridgehead atoms. The number of aryl methyl sites for hydroxylation is 2. The molecule has 1 unspecified atom stereocenters. The van der Waals surface area contributed by atoms with Gasteiger partial charge in [-0.05, 0) is 23.6 Å². The van der Waals surface area contributed by atoms with E-state index in [0.717, 1.165) is 5.82 Å². The van der Waals surface area contributed by atoms with Gasteiger partial charge in [0.1, 0.15) is 10.9 Å². The van der Waals surface area contributed by atoms with Crippen LogP contribution in [0, 0.1) is 6.92 Å². The zero-order valence-electron chi connectivity index (χ0n) is 6.03. The monoisotopic (exact) mass is 158 g/mol. The Labute approximate surface area is 62.5 Å². The van der Waals surface area contributed by atoms with E-state index in [1.54, 1.807) is 6.20 Å². The average Bonchev–Trinajstić information content (AvgIpc) is 2.13. The second-order valence-electron chi connectivity index (χ2n) is 2.10. The van der Waals surface area contributed by atoms with E-state index in [1.807, 2.05) is 18.5 Å². The van der Waals surface area contributed by atoms with Crippen LogP contribution in [0.1, 0.15) is 5.82 Å². The Bertz CT molecular complexity index is 247. The Balaban J connectivity index is 3.10. The van der Waals surface area contributed by atoms with Crippen LogP contribution in [0.15, 0.2) is 11.2 Å². The zero-order chi connectivity index (χ0) is 7.72. The predicted molar refractivity (Wildman–Crippen MR) is 43.6 cm³/mol. The number of imidazole rings is 1. The van der Waals surface area contributed by atoms with E-state index in [9.17, 15) is 0 Å². The van der Waals surface area contributed by atoms with Gasteiger partial charge >= 0.3 is 0 Å². The average molecular weight is 158 g/mol. The minimum absolute atomic E-state index is 0.653. The van der Waals surface area contributed by atoms with Crippen molar-refractivity contribution < 1.29 is 4.55 Å². The molecule has 3 nitrogen and oxygen atoms in total. The molecule has 0 saturated heterocycles. The first-order valence-electron chi connectivity index (χ1n) is 2.84. The highest BCUT2D eigenvalue weighted by molar-refractivity contribution is 8.09. The first kappa shape index (κ1) is 7.50. The van der Waals surface area contributed by atoms with E-state index in [-0.39, 0.29) is 0 Å². The fraction of sp³-hybridized carbons (Fsp3) is 0.333. The lowest BCUT2D eigenvalue weighted by atomic mass is 10.7. The van der Waals surface area contributed by atoms with Crippen molar-refractivity contribution in [3.63, 3.8) is 0 Å². The molecule has 10 heavy (non-hydrogen) atoms. The molecule has 0 amide bonds. The minimum atomic E-state index is -0.950. The maximum Gasteiger partial charge on any atom is 0.133 e. The molecule has 1 atom stereocenters. The fourth-order valence-electron chi connectivity index (χ4n) is 0.640. The Morgan fingerprint density at radius 3 is 2.60 bits per heavy atom. The van der Waals surface area contributed by atoms with Crippen molar-refractivity contribution in [2.24, 2.45) is 7.05 Å². The van der Waals surface area contributed by atoms with Crippen LogP contribution in [0.4, 0.5) is 0 Å². The van der Waals surface area contributed by atoms with Crippen molar-refractivity contribution in [3.05, 3.63) is 12.0 Å². The predicted octanol–water partition coefficient (Wildman–Crippen LogP) is 1.26. The molecule has 0 spiro atoms. The smallest absolute Gasteiger partial charge is 0.133 e. The molecule has 0 saturated carbocycles. The molecule has 1 aromatic rings. The zero-order valence-corrected chi connectivity index (χ0v) is 6.85. The molecule has 4 heteroatoms. The van der Waals surface area contributed by atoms with Crippen LogP contribution >= 0.6 is 10.8 Å². The van der Waals surface area contributed by atoms with Gasteiger partial charge in [0.2, 0.25) is 0 Å². The van der Waals surface area contributed by atoms with Gasteiger partial charge in [-0.3, -0.25) is 0 Å². The second-order valence-corrected chi connectivity index (χ2v) is 3.25. The molecular weight excluding hydrogens is 148 g/mol. The van der Waals surface area contributed by atoms with E-state index in [4.69, 9.17) is 4.55 Å². The molecule has 1 rings (SSSR count). The lowest BCUT2D eigenvalue weighted by Gasteiger charge is -1.88. The maximum absolute atomic E-state index is 9.00. The molecule has 1 heterocycles. The lowest BCUT2D eigenvalue weighted by molar-refractivity contribution is 0.657. The van der Waals surface area contributed by atoms with Crippen molar-refractivity contribution >= 4 is 16.6 Å². The SMILES string of the molecule is C=S(O)c1cn(C)c(C)n1. The fourth-order valence-corrected chi connectivity index (χ4v) is 1.16. The van der Waals surface area contributed by atoms with Gasteiger partial charge in [0.25, 0.3) is 0 Å². The molecule has 1 N–H and O–H groups in total. The van der Waals surface area contributed by atoms with Crippen LogP contribution < -0.4 is 0 Å². The molecule has 0 aromatic carbocycles. The second kappa shape index (κ2) is 2.56. The normalized spacial score (nSPS) is 13.5. The summed E-state index contributed by atoms with van der Waals surface area (Å²) in [7, 11) is 0.937. The van der Waals surface area contributed by atoms with Gasteiger partial charge < -0.3 is 9.12 Å². The molecule has 0 aliphatic rings. The number of rotatable bonds is 1. The van der Waals surface area contributed by atoms with Gasteiger partial charge in [-0.15, -0.1) is 0 Å². The first-order chi connectivity index (χ1) is 4.61. The van der Waals surface area contributed by atoms with Crippen molar-refractivity contribution in [1.29, 1.82) is 0 Å². The van der Waals surface area contributed by atoms with Gasteiger partial charge in [-0.1, -0.05) is 0 Å². The Hall–Kier alpha value is -0.610. The number of aromatic nitrogens is 2. The Kier molecular flexibility index (Phi) is 1.92. The Morgan fingerprint density at radius 2 is 2.40 bits per heavy atom. The van der Waals surface area contributed by atoms with Gasteiger partial charge in [0, 0.05) is 13.2 Å². The Morgan fingerprint density at radius 1 is 1.80 bits per heavy atom. The topological polar surface area (TPSA) is 38.0 Å². The van der Waals surface area contributed by atoms with E-state index >= 15 is 0 Å². The molecule has 0 radical (unpaired) electrons. The number of hydrogen-bond donors (Lipinski definition) is 1. The number of hydrogen-bond acceptors (Lipinski definition) is 2. The third-order valence-electron chi connectivity index (χ3n) is 1.33. The summed E-state index contributed by atoms with van der Waals surface area (Å²) >= 11 is 0. The molecule has 0 aliphatic carbocycles. The van der Waals surface area contributed by atoms with E-state index < -0.39 is 10.8 Å². The van der Waals surface area contributed by atoms with Crippen LogP contribution in [-0.4, -0.2) is 20.0 Å². The largest absolute Gasteiger partial charge is 0.337 e. The summed E-state index contributed by atoms with van der Waals surface area (Å²) in [6, 6.07) is 0. The van der Waals surface area contributed by atoms with E-state index in [2.05, 4.69) is 10.9 Å². The lowest BCUT2D eigenvalue weighted by Crippen LogP contribution is -1.86. The van der Waals surface area contributed by atoms with Gasteiger partial charge in [-0.2, -0.15) is 0 Å². The van der Waals surface area contributed by atoms with Gasteiger partial charge in [-0.25, -0.2) is 4.98 Å². The van der Waals surface area contributed by atoms with Crippen molar-refractivity contribution in [2.75, 3.05) is 0 Å². The molecule has 0 fully saturated rings. The van der Waals surface area contributed by atoms with Gasteiger partial charge in [0.15, 0.2) is 0 Å². The number of nitrogens with zero attached hydrogens (tertiary/aromatic N) is 2. The molecule has 56 valence electrons. The maximum atomic E-state index is 9.00. The first-order valence-corrected chi connectivity index (χ1v) is 4.19. The summed E-state index contributed by atoms with van der Waals surface area (Å²) in [5, 5.41) is 0.653. The summed E-state index contributed by atoms with van der Waals surface area (Å²) in [5.74, 6) is 4.36. The summed E-state index contributed by atoms with van der Waals surface area (Å²) in [5.41, 5.74) is 0. The van der Waals surface area contributed by atoms with Crippen molar-refractivity contribution in [1.82, 2.24) is 9.55 Å². The van der Waals surface area contributed by atoms with Crippen LogP contribution in [-0.2, 0) is 7.05 Å². The minimum Gasteiger partial charge on any atom is -0.337 e. The third kappa shape index (κ3) is 1.27. The van der Waals surface area contributed by atoms with E-state index in [1.165, 1.54) is 0 Å². The van der Waals surface area contributed by atoms with Gasteiger partial charge in [0.05, 0.1) is 0 Å². The van der Waals surface area contributed by atoms with Crippen LogP contribution in [0.25, 0.3) is 0 Å². The highest BCUT2D eigenvalue weighted by Gasteiger charge is 1.99.